The average molecular weight is 252 g/mol. The Kier molecular flexibility index (Phi) is 3.09. The summed E-state index contributed by atoms with van der Waals surface area (Å²) in [5.74, 6) is -0.238. The van der Waals surface area contributed by atoms with Crippen LogP contribution in [0.1, 0.15) is 0 Å². The lowest BCUT2D eigenvalue weighted by Crippen LogP contribution is -2.47. The Bertz CT molecular complexity index is 857. The molecule has 0 saturated carbocycles. The molecule has 3 aromatic rings. The van der Waals surface area contributed by atoms with Gasteiger partial charge in [0.15, 0.2) is 0 Å². The molecule has 82 valence electrons. The predicted molar refractivity (Wildman–Crippen MR) is 95.2 cm³/mol. The van der Waals surface area contributed by atoms with Gasteiger partial charge in [0.25, 0.3) is 0 Å². The number of fused-ring (bicyclic) bond motifs is 3. The van der Waals surface area contributed by atoms with Crippen molar-refractivity contribution < 1.29 is 5.11 Å². The van der Waals surface area contributed by atoms with E-state index in [9.17, 15) is 5.11 Å². The third-order valence-corrected chi connectivity index (χ3v) is 3.75. The van der Waals surface area contributed by atoms with Gasteiger partial charge in [-0.25, -0.2) is 0 Å². The van der Waals surface area contributed by atoms with E-state index in [1.54, 1.807) is 0 Å². The van der Waals surface area contributed by atoms with Crippen LogP contribution in [0, 0.1) is 0 Å². The zero-order valence-electron chi connectivity index (χ0n) is 11.0. The van der Waals surface area contributed by atoms with Crippen molar-refractivity contribution in [3.8, 4) is 5.75 Å². The number of aromatic nitrogens is 1. The Hall–Kier alpha value is -1.51. The molecule has 0 aliphatic rings. The fourth-order valence-electron chi connectivity index (χ4n) is 2.51. The summed E-state index contributed by atoms with van der Waals surface area (Å²) in [4.78, 5) is 2.97. The monoisotopic (exact) mass is 253 g/mol. The highest BCUT2D eigenvalue weighted by molar-refractivity contribution is 6.68. The van der Waals surface area contributed by atoms with Crippen molar-refractivity contribution in [2.75, 3.05) is 0 Å². The lowest BCUT2D eigenvalue weighted by atomic mass is 9.65. The minimum atomic E-state index is -0.238. The SMILES string of the molecule is [B]c1c([B])c([B])c2c([nH]c3c([B])c([B])c([B])c(O)c32)c1[B]. The Morgan fingerprint density at radius 3 is 1.52 bits per heavy atom. The molecule has 2 aromatic carbocycles. The van der Waals surface area contributed by atoms with E-state index in [1.165, 1.54) is 0 Å². The molecular weight excluding hydrogens is 250 g/mol. The molecule has 0 aliphatic heterocycles. The standard InChI is InChI=1S/C12H2B7NO/c13-3-1-2-11(8(18)6(16)9(19)12(2)21)20-10(1)7(17)5(15)4(3)14/h20-21H. The van der Waals surface area contributed by atoms with E-state index in [4.69, 9.17) is 54.9 Å². The molecule has 0 unspecified atom stereocenters. The number of H-pyrrole nitrogens is 1. The summed E-state index contributed by atoms with van der Waals surface area (Å²) in [6, 6.07) is 0. The van der Waals surface area contributed by atoms with Gasteiger partial charge in [0, 0.05) is 21.8 Å². The molecular formula is C12H2B7NO. The molecule has 1 aromatic heterocycles. The Morgan fingerprint density at radius 2 is 0.952 bits per heavy atom. The quantitative estimate of drug-likeness (QED) is 0.385. The fourth-order valence-corrected chi connectivity index (χ4v) is 2.51. The Morgan fingerprint density at radius 1 is 0.524 bits per heavy atom. The molecule has 2 N–H and O–H groups in total. The Labute approximate surface area is 131 Å². The summed E-state index contributed by atoms with van der Waals surface area (Å²) in [7, 11) is 41.1. The van der Waals surface area contributed by atoms with E-state index >= 15 is 0 Å². The van der Waals surface area contributed by atoms with Gasteiger partial charge < -0.3 is 10.1 Å². The lowest BCUT2D eigenvalue weighted by Gasteiger charge is -2.14. The zero-order valence-corrected chi connectivity index (χ0v) is 11.0. The highest BCUT2D eigenvalue weighted by Crippen LogP contribution is 2.26. The largest absolute Gasteiger partial charge is 0.508 e. The van der Waals surface area contributed by atoms with Crippen LogP contribution in [0.5, 0.6) is 5.75 Å². The molecule has 0 fully saturated rings. The highest BCUT2D eigenvalue weighted by Gasteiger charge is 2.18. The third kappa shape index (κ3) is 1.69. The number of aromatic hydroxyl groups is 1. The van der Waals surface area contributed by atoms with Crippen molar-refractivity contribution >= 4 is 115 Å². The summed E-state index contributed by atoms with van der Waals surface area (Å²) in [6.07, 6.45) is 0. The second-order valence-corrected chi connectivity index (χ2v) is 4.87. The number of hydrogen-bond acceptors (Lipinski definition) is 1. The maximum Gasteiger partial charge on any atom is 0.118 e. The molecule has 9 heteroatoms. The van der Waals surface area contributed by atoms with Crippen molar-refractivity contribution in [3.63, 3.8) is 0 Å². The zero-order chi connectivity index (χ0) is 15.6. The van der Waals surface area contributed by atoms with Crippen molar-refractivity contribution in [1.29, 1.82) is 0 Å². The average Bonchev–Trinajstić information content (AvgIpc) is 2.87. The number of hydrogen-bond donors (Lipinski definition) is 2. The second kappa shape index (κ2) is 4.49. The van der Waals surface area contributed by atoms with Crippen molar-refractivity contribution in [2.45, 2.75) is 0 Å². The minimum Gasteiger partial charge on any atom is -0.508 e. The summed E-state index contributed by atoms with van der Waals surface area (Å²) in [5.41, 5.74) is 1.70. The molecule has 21 heavy (non-hydrogen) atoms. The van der Waals surface area contributed by atoms with E-state index in [0.29, 0.717) is 21.8 Å². The number of phenolic OH excluding ortho intramolecular Hbond substituents is 1. The first-order chi connectivity index (χ1) is 9.77. The minimum absolute atomic E-state index is 0.0331. The molecule has 0 saturated heterocycles. The van der Waals surface area contributed by atoms with Gasteiger partial charge >= 0.3 is 0 Å². The van der Waals surface area contributed by atoms with Crippen LogP contribution >= 0.6 is 0 Å². The normalized spacial score (nSPS) is 11.4. The highest BCUT2D eigenvalue weighted by atomic mass is 16.3. The van der Waals surface area contributed by atoms with Crippen LogP contribution in [0.25, 0.3) is 21.8 Å². The van der Waals surface area contributed by atoms with Crippen LogP contribution in [0.2, 0.25) is 0 Å². The van der Waals surface area contributed by atoms with Crippen molar-refractivity contribution in [1.82, 2.24) is 4.98 Å². The molecule has 0 spiro atoms. The van der Waals surface area contributed by atoms with Crippen LogP contribution < -0.4 is 38.2 Å². The maximum absolute atomic E-state index is 10.3. The fraction of sp³-hybridized carbons (Fsp3) is 0. The number of benzene rings is 2. The van der Waals surface area contributed by atoms with Crippen LogP contribution in [0.3, 0.4) is 0 Å². The number of rotatable bonds is 0. The van der Waals surface area contributed by atoms with Gasteiger partial charge in [0.2, 0.25) is 0 Å². The smallest absolute Gasteiger partial charge is 0.118 e. The molecule has 14 radical (unpaired) electrons. The van der Waals surface area contributed by atoms with Crippen molar-refractivity contribution in [3.05, 3.63) is 0 Å². The topological polar surface area (TPSA) is 36.0 Å². The van der Waals surface area contributed by atoms with E-state index in [1.807, 2.05) is 0 Å². The number of phenols is 1. The van der Waals surface area contributed by atoms with E-state index in [2.05, 4.69) is 4.98 Å². The molecule has 0 atom stereocenters. The molecule has 1 heterocycles. The van der Waals surface area contributed by atoms with Gasteiger partial charge in [-0.3, -0.25) is 0 Å². The molecule has 2 nitrogen and oxygen atoms in total. The van der Waals surface area contributed by atoms with E-state index in [-0.39, 0.29) is 44.0 Å². The van der Waals surface area contributed by atoms with E-state index < -0.39 is 0 Å². The summed E-state index contributed by atoms with van der Waals surface area (Å²) < 4.78 is 0. The van der Waals surface area contributed by atoms with Crippen LogP contribution in [0.15, 0.2) is 0 Å². The van der Waals surface area contributed by atoms with E-state index in [0.717, 1.165) is 0 Å². The summed E-state index contributed by atoms with van der Waals surface area (Å²) in [6.45, 7) is 0. The van der Waals surface area contributed by atoms with Crippen LogP contribution in [-0.2, 0) is 0 Å². The number of nitrogens with one attached hydrogen (secondary N) is 1. The molecule has 0 aliphatic carbocycles. The number of aromatic amines is 1. The summed E-state index contributed by atoms with van der Waals surface area (Å²) in [5, 5.41) is 11.0. The van der Waals surface area contributed by atoms with Crippen molar-refractivity contribution in [2.24, 2.45) is 0 Å². The first-order valence-corrected chi connectivity index (χ1v) is 5.99. The predicted octanol–water partition coefficient (Wildman–Crippen LogP) is -5.42. The van der Waals surface area contributed by atoms with Gasteiger partial charge in [0.1, 0.15) is 60.7 Å². The third-order valence-electron chi connectivity index (χ3n) is 3.75. The van der Waals surface area contributed by atoms with Gasteiger partial charge in [-0.1, -0.05) is 21.9 Å². The van der Waals surface area contributed by atoms with Crippen LogP contribution in [0.4, 0.5) is 0 Å². The van der Waals surface area contributed by atoms with Gasteiger partial charge in [-0.05, 0) is 0 Å². The first-order valence-electron chi connectivity index (χ1n) is 5.99. The van der Waals surface area contributed by atoms with Gasteiger partial charge in [0.05, 0.1) is 0 Å². The molecule has 0 amide bonds. The van der Waals surface area contributed by atoms with Crippen LogP contribution in [-0.4, -0.2) is 65.0 Å². The maximum atomic E-state index is 10.3. The summed E-state index contributed by atoms with van der Waals surface area (Å²) >= 11 is 0. The second-order valence-electron chi connectivity index (χ2n) is 4.87. The van der Waals surface area contributed by atoms with Gasteiger partial charge in [-0.15, -0.1) is 16.4 Å². The Balaban J connectivity index is 2.73. The molecule has 0 bridgehead atoms. The molecule has 3 rings (SSSR count). The van der Waals surface area contributed by atoms with Gasteiger partial charge in [-0.2, -0.15) is 0 Å². The lowest BCUT2D eigenvalue weighted by molar-refractivity contribution is 0.486. The first kappa shape index (κ1) is 14.4.